The first kappa shape index (κ1) is 13.1. The number of nitrogen functional groups attached to an aromatic ring is 1. The molecular weight excluding hydrogens is 344 g/mol. The molecule has 0 aliphatic heterocycles. The number of thiophene rings is 1. The third kappa shape index (κ3) is 1.88. The number of nitro groups is 1. The summed E-state index contributed by atoms with van der Waals surface area (Å²) in [5.41, 5.74) is 8.37. The highest BCUT2D eigenvalue weighted by Crippen LogP contribution is 2.36. The number of aromatic nitrogens is 2. The normalized spacial score (nSPS) is 11.1. The summed E-state index contributed by atoms with van der Waals surface area (Å²) >= 11 is 4.52. The van der Waals surface area contributed by atoms with Gasteiger partial charge in [0.1, 0.15) is 17.2 Å². The fraction of sp³-hybridized carbons (Fsp3) is 0.0833. The molecule has 0 amide bonds. The molecule has 6 nitrogen and oxygen atoms in total. The predicted molar refractivity (Wildman–Crippen MR) is 82.0 cm³/mol. The molecule has 20 heavy (non-hydrogen) atoms. The quantitative estimate of drug-likeness (QED) is 0.563. The lowest BCUT2D eigenvalue weighted by molar-refractivity contribution is -0.380. The van der Waals surface area contributed by atoms with Gasteiger partial charge in [0.2, 0.25) is 0 Å². The second-order valence-electron chi connectivity index (χ2n) is 4.20. The Bertz CT molecular complexity index is 839. The van der Waals surface area contributed by atoms with Crippen LogP contribution in [0.15, 0.2) is 28.7 Å². The third-order valence-corrected chi connectivity index (χ3v) is 4.89. The summed E-state index contributed by atoms with van der Waals surface area (Å²) in [5, 5.41) is 10.8. The maximum Gasteiger partial charge on any atom is 0.324 e. The van der Waals surface area contributed by atoms with E-state index in [-0.39, 0.29) is 5.00 Å². The first-order valence-electron chi connectivity index (χ1n) is 5.66. The van der Waals surface area contributed by atoms with Crippen molar-refractivity contribution in [1.29, 1.82) is 0 Å². The summed E-state index contributed by atoms with van der Waals surface area (Å²) in [6.07, 6.45) is 0. The van der Waals surface area contributed by atoms with Crippen molar-refractivity contribution in [2.24, 2.45) is 0 Å². The first-order chi connectivity index (χ1) is 9.49. The number of hydrogen-bond acceptors (Lipinski definition) is 5. The van der Waals surface area contributed by atoms with E-state index in [9.17, 15) is 10.1 Å². The van der Waals surface area contributed by atoms with E-state index in [1.807, 2.05) is 23.5 Å². The number of anilines is 1. The van der Waals surface area contributed by atoms with Gasteiger partial charge in [-0.1, -0.05) is 11.3 Å². The molecule has 0 aliphatic carbocycles. The molecule has 3 aromatic heterocycles. The van der Waals surface area contributed by atoms with Gasteiger partial charge in [0.15, 0.2) is 0 Å². The maximum atomic E-state index is 10.8. The molecule has 8 heteroatoms. The SMILES string of the molecule is Cc1c(Br)ccc2nc(-c3ccc([N+](=O)[O-])s3)c(N)n12. The van der Waals surface area contributed by atoms with E-state index in [2.05, 4.69) is 20.9 Å². The topological polar surface area (TPSA) is 86.5 Å². The van der Waals surface area contributed by atoms with Crippen LogP contribution in [0.5, 0.6) is 0 Å². The Labute approximate surface area is 126 Å². The Morgan fingerprint density at radius 3 is 2.80 bits per heavy atom. The van der Waals surface area contributed by atoms with Gasteiger partial charge in [0.05, 0.1) is 9.80 Å². The summed E-state index contributed by atoms with van der Waals surface area (Å²) in [5.74, 6) is 0.482. The molecule has 0 aromatic carbocycles. The second-order valence-corrected chi connectivity index (χ2v) is 6.12. The molecule has 0 radical (unpaired) electrons. The Morgan fingerprint density at radius 2 is 2.15 bits per heavy atom. The van der Waals surface area contributed by atoms with Crippen LogP contribution < -0.4 is 5.73 Å². The highest BCUT2D eigenvalue weighted by atomic mass is 79.9. The average molecular weight is 353 g/mol. The fourth-order valence-electron chi connectivity index (χ4n) is 2.02. The van der Waals surface area contributed by atoms with Gasteiger partial charge in [-0.05, 0) is 41.1 Å². The van der Waals surface area contributed by atoms with Crippen LogP contribution in [0.4, 0.5) is 10.8 Å². The van der Waals surface area contributed by atoms with Gasteiger partial charge in [-0.25, -0.2) is 4.98 Å². The van der Waals surface area contributed by atoms with Crippen molar-refractivity contribution in [2.75, 3.05) is 5.73 Å². The van der Waals surface area contributed by atoms with Crippen LogP contribution in [-0.4, -0.2) is 14.3 Å². The van der Waals surface area contributed by atoms with Crippen molar-refractivity contribution >= 4 is 43.7 Å². The van der Waals surface area contributed by atoms with E-state index >= 15 is 0 Å². The standard InChI is InChI=1S/C12H9BrN4O2S/c1-6-7(13)2-4-9-15-11(12(14)16(6)9)8-3-5-10(20-8)17(18)19/h2-5H,14H2,1H3. The number of rotatable bonds is 2. The van der Waals surface area contributed by atoms with Crippen LogP contribution in [0.1, 0.15) is 5.69 Å². The van der Waals surface area contributed by atoms with E-state index in [0.717, 1.165) is 21.5 Å². The van der Waals surface area contributed by atoms with E-state index < -0.39 is 4.92 Å². The lowest BCUT2D eigenvalue weighted by Crippen LogP contribution is -1.98. The average Bonchev–Trinajstić information content (AvgIpc) is 2.99. The van der Waals surface area contributed by atoms with Gasteiger partial charge in [-0.2, -0.15) is 0 Å². The van der Waals surface area contributed by atoms with Gasteiger partial charge in [0.25, 0.3) is 0 Å². The molecule has 3 heterocycles. The van der Waals surface area contributed by atoms with Crippen molar-refractivity contribution in [3.05, 3.63) is 44.5 Å². The Balaban J connectivity index is 2.24. The van der Waals surface area contributed by atoms with Crippen LogP contribution in [-0.2, 0) is 0 Å². The zero-order valence-corrected chi connectivity index (χ0v) is 12.7. The van der Waals surface area contributed by atoms with Crippen LogP contribution in [0.2, 0.25) is 0 Å². The zero-order valence-electron chi connectivity index (χ0n) is 10.3. The Hall–Kier alpha value is -1.93. The molecule has 0 bridgehead atoms. The maximum absolute atomic E-state index is 10.8. The number of hydrogen-bond donors (Lipinski definition) is 1. The molecule has 0 unspecified atom stereocenters. The minimum absolute atomic E-state index is 0.0781. The molecule has 3 rings (SSSR count). The summed E-state index contributed by atoms with van der Waals surface area (Å²) in [6, 6.07) is 6.88. The van der Waals surface area contributed by atoms with Crippen molar-refractivity contribution < 1.29 is 4.92 Å². The number of fused-ring (bicyclic) bond motifs is 1. The van der Waals surface area contributed by atoms with Gasteiger partial charge in [0, 0.05) is 16.2 Å². The van der Waals surface area contributed by atoms with Crippen molar-refractivity contribution in [1.82, 2.24) is 9.38 Å². The highest BCUT2D eigenvalue weighted by molar-refractivity contribution is 9.10. The van der Waals surface area contributed by atoms with Gasteiger partial charge in [-0.3, -0.25) is 14.5 Å². The fourth-order valence-corrected chi connectivity index (χ4v) is 3.15. The van der Waals surface area contributed by atoms with E-state index in [1.54, 1.807) is 6.07 Å². The minimum Gasteiger partial charge on any atom is -0.383 e. The summed E-state index contributed by atoms with van der Waals surface area (Å²) in [7, 11) is 0. The molecule has 0 fully saturated rings. The van der Waals surface area contributed by atoms with E-state index in [4.69, 9.17) is 5.73 Å². The molecule has 3 aromatic rings. The lowest BCUT2D eigenvalue weighted by atomic mass is 10.3. The molecule has 0 aliphatic rings. The Morgan fingerprint density at radius 1 is 1.40 bits per heavy atom. The molecule has 102 valence electrons. The van der Waals surface area contributed by atoms with Crippen molar-refractivity contribution in [3.63, 3.8) is 0 Å². The van der Waals surface area contributed by atoms with E-state index in [1.165, 1.54) is 6.07 Å². The highest BCUT2D eigenvalue weighted by Gasteiger charge is 2.18. The van der Waals surface area contributed by atoms with Gasteiger partial charge >= 0.3 is 5.00 Å². The summed E-state index contributed by atoms with van der Waals surface area (Å²) in [4.78, 5) is 15.5. The second kappa shape index (κ2) is 4.57. The van der Waals surface area contributed by atoms with Crippen LogP contribution in [0, 0.1) is 17.0 Å². The molecule has 0 saturated heterocycles. The van der Waals surface area contributed by atoms with Crippen LogP contribution >= 0.6 is 27.3 Å². The number of imidazole rings is 1. The summed E-state index contributed by atoms with van der Waals surface area (Å²) in [6.45, 7) is 1.93. The third-order valence-electron chi connectivity index (χ3n) is 3.00. The molecule has 0 saturated carbocycles. The number of halogens is 1. The number of pyridine rings is 1. The number of nitrogens with zero attached hydrogens (tertiary/aromatic N) is 3. The largest absolute Gasteiger partial charge is 0.383 e. The Kier molecular flexibility index (Phi) is 2.98. The van der Waals surface area contributed by atoms with Gasteiger partial charge in [-0.15, -0.1) is 0 Å². The number of aryl methyl sites for hydroxylation is 1. The summed E-state index contributed by atoms with van der Waals surface area (Å²) < 4.78 is 2.75. The smallest absolute Gasteiger partial charge is 0.324 e. The zero-order chi connectivity index (χ0) is 14.4. The van der Waals surface area contributed by atoms with Crippen LogP contribution in [0.3, 0.4) is 0 Å². The first-order valence-corrected chi connectivity index (χ1v) is 7.27. The predicted octanol–water partition coefficient (Wildman–Crippen LogP) is 3.62. The molecule has 2 N–H and O–H groups in total. The molecule has 0 spiro atoms. The van der Waals surface area contributed by atoms with E-state index in [0.29, 0.717) is 22.0 Å². The van der Waals surface area contributed by atoms with Crippen molar-refractivity contribution in [2.45, 2.75) is 6.92 Å². The van der Waals surface area contributed by atoms with Crippen LogP contribution in [0.25, 0.3) is 16.2 Å². The van der Waals surface area contributed by atoms with Gasteiger partial charge < -0.3 is 5.73 Å². The molecule has 0 atom stereocenters. The number of nitrogens with two attached hydrogens (primary N) is 1. The lowest BCUT2D eigenvalue weighted by Gasteiger charge is -2.03. The monoisotopic (exact) mass is 352 g/mol. The minimum atomic E-state index is -0.415. The van der Waals surface area contributed by atoms with Crippen molar-refractivity contribution in [3.8, 4) is 10.6 Å². The molecular formula is C12H9BrN4O2S.